The van der Waals surface area contributed by atoms with Crippen LogP contribution in [0.15, 0.2) is 42.5 Å². The van der Waals surface area contributed by atoms with Crippen LogP contribution < -0.4 is 10.2 Å². The minimum Gasteiger partial charge on any atom is -0.385 e. The number of hydrogen-bond acceptors (Lipinski definition) is 4. The second-order valence-corrected chi connectivity index (χ2v) is 6.08. The molecule has 1 unspecified atom stereocenters. The number of carbonyl (C=O) groups excluding carboxylic acids is 1. The number of anilines is 2. The van der Waals surface area contributed by atoms with Gasteiger partial charge in [0.05, 0.1) is 17.7 Å². The van der Waals surface area contributed by atoms with Crippen LogP contribution in [0.3, 0.4) is 0 Å². The predicted octanol–water partition coefficient (Wildman–Crippen LogP) is 2.69. The number of nitrogens with one attached hydrogen (secondary N) is 1. The smallest absolute Gasteiger partial charge is 0.227 e. The largest absolute Gasteiger partial charge is 0.385 e. The summed E-state index contributed by atoms with van der Waals surface area (Å²) in [5.41, 5.74) is 1.00. The second-order valence-electron chi connectivity index (χ2n) is 6.08. The molecule has 0 aliphatic rings. The molecule has 0 fully saturated rings. The van der Waals surface area contributed by atoms with Crippen LogP contribution in [0.25, 0.3) is 0 Å². The Kier molecular flexibility index (Phi) is 5.01. The minimum absolute atomic E-state index is 0.0300. The van der Waals surface area contributed by atoms with Crippen molar-refractivity contribution in [3.8, 4) is 0 Å². The maximum absolute atomic E-state index is 12.3. The molecule has 0 saturated heterocycles. The minimum atomic E-state index is -1.22. The summed E-state index contributed by atoms with van der Waals surface area (Å²) in [4.78, 5) is 18.6. The van der Waals surface area contributed by atoms with Gasteiger partial charge in [-0.1, -0.05) is 30.3 Å². The van der Waals surface area contributed by atoms with Crippen LogP contribution in [-0.2, 0) is 10.4 Å². The first-order chi connectivity index (χ1) is 10.8. The average Bonchev–Trinajstić information content (AvgIpc) is 2.49. The Bertz CT molecular complexity index is 682. The third-order valence-corrected chi connectivity index (χ3v) is 3.61. The number of aliphatic hydroxyl groups is 1. The Balaban J connectivity index is 2.14. The summed E-state index contributed by atoms with van der Waals surface area (Å²) in [6.45, 7) is 3.54. The summed E-state index contributed by atoms with van der Waals surface area (Å²) in [6.07, 6.45) is -0.0300. The van der Waals surface area contributed by atoms with Gasteiger partial charge in [0.25, 0.3) is 0 Å². The molecule has 0 saturated carbocycles. The van der Waals surface area contributed by atoms with Crippen molar-refractivity contribution in [1.29, 1.82) is 0 Å². The first-order valence-corrected chi connectivity index (χ1v) is 7.52. The monoisotopic (exact) mass is 313 g/mol. The van der Waals surface area contributed by atoms with Crippen LogP contribution in [0.4, 0.5) is 11.5 Å². The van der Waals surface area contributed by atoms with Crippen LogP contribution >= 0.6 is 0 Å². The van der Waals surface area contributed by atoms with Gasteiger partial charge < -0.3 is 15.3 Å². The van der Waals surface area contributed by atoms with Gasteiger partial charge in [-0.3, -0.25) is 4.79 Å². The van der Waals surface area contributed by atoms with E-state index >= 15 is 0 Å². The third kappa shape index (κ3) is 4.29. The van der Waals surface area contributed by atoms with Crippen molar-refractivity contribution in [2.24, 2.45) is 0 Å². The molecule has 0 bridgehead atoms. The zero-order valence-electron chi connectivity index (χ0n) is 14.0. The van der Waals surface area contributed by atoms with E-state index in [2.05, 4.69) is 10.3 Å². The molecule has 0 spiro atoms. The predicted molar refractivity (Wildman–Crippen MR) is 92.6 cm³/mol. The number of pyridine rings is 1. The molecule has 1 aromatic heterocycles. The molecule has 122 valence electrons. The van der Waals surface area contributed by atoms with Gasteiger partial charge in [0.2, 0.25) is 5.91 Å². The lowest BCUT2D eigenvalue weighted by Crippen LogP contribution is -2.29. The molecule has 0 aliphatic carbocycles. The SMILES string of the molecule is Cc1ccc(NC(=O)CC(C)(O)c2ccccc2)c(N(C)C)n1. The van der Waals surface area contributed by atoms with Crippen molar-refractivity contribution in [2.45, 2.75) is 25.9 Å². The third-order valence-electron chi connectivity index (χ3n) is 3.61. The van der Waals surface area contributed by atoms with E-state index in [1.807, 2.05) is 68.4 Å². The number of aromatic nitrogens is 1. The van der Waals surface area contributed by atoms with Crippen LogP contribution in [-0.4, -0.2) is 30.1 Å². The molecule has 2 N–H and O–H groups in total. The lowest BCUT2D eigenvalue weighted by Gasteiger charge is -2.24. The lowest BCUT2D eigenvalue weighted by atomic mass is 9.92. The molecule has 1 atom stereocenters. The standard InChI is InChI=1S/C18H23N3O2/c1-13-10-11-15(17(19-13)21(3)4)20-16(22)12-18(2,23)14-8-6-5-7-9-14/h5-11,23H,12H2,1-4H3,(H,20,22). The summed E-state index contributed by atoms with van der Waals surface area (Å²) in [5.74, 6) is 0.435. The van der Waals surface area contributed by atoms with E-state index in [1.165, 1.54) is 0 Å². The Morgan fingerprint density at radius 2 is 1.87 bits per heavy atom. The average molecular weight is 313 g/mol. The fraction of sp³-hybridized carbons (Fsp3) is 0.333. The van der Waals surface area contributed by atoms with Crippen molar-refractivity contribution in [3.05, 3.63) is 53.7 Å². The molecule has 23 heavy (non-hydrogen) atoms. The Hall–Kier alpha value is -2.40. The maximum atomic E-state index is 12.3. The van der Waals surface area contributed by atoms with Crippen molar-refractivity contribution in [2.75, 3.05) is 24.3 Å². The number of rotatable bonds is 5. The highest BCUT2D eigenvalue weighted by molar-refractivity contribution is 5.94. The number of benzene rings is 1. The second kappa shape index (κ2) is 6.79. The zero-order valence-corrected chi connectivity index (χ0v) is 14.0. The Morgan fingerprint density at radius 3 is 2.48 bits per heavy atom. The van der Waals surface area contributed by atoms with Crippen LogP contribution in [0.1, 0.15) is 24.6 Å². The zero-order chi connectivity index (χ0) is 17.0. The van der Waals surface area contributed by atoms with Gasteiger partial charge in [-0.25, -0.2) is 4.98 Å². The lowest BCUT2D eigenvalue weighted by molar-refractivity contribution is -0.120. The molecule has 1 aromatic carbocycles. The maximum Gasteiger partial charge on any atom is 0.227 e. The van der Waals surface area contributed by atoms with E-state index in [-0.39, 0.29) is 12.3 Å². The normalized spacial score (nSPS) is 13.3. The number of aryl methyl sites for hydroxylation is 1. The summed E-state index contributed by atoms with van der Waals surface area (Å²) in [7, 11) is 3.75. The van der Waals surface area contributed by atoms with E-state index in [1.54, 1.807) is 6.92 Å². The van der Waals surface area contributed by atoms with E-state index in [0.29, 0.717) is 17.1 Å². The van der Waals surface area contributed by atoms with Crippen molar-refractivity contribution in [3.63, 3.8) is 0 Å². The molecule has 0 radical (unpaired) electrons. The number of hydrogen-bond donors (Lipinski definition) is 2. The number of amides is 1. The van der Waals surface area contributed by atoms with Gasteiger partial charge in [-0.2, -0.15) is 0 Å². The molecule has 0 aliphatic heterocycles. The van der Waals surface area contributed by atoms with Gasteiger partial charge in [0, 0.05) is 19.8 Å². The highest BCUT2D eigenvalue weighted by atomic mass is 16.3. The summed E-state index contributed by atoms with van der Waals surface area (Å²) in [5, 5.41) is 13.4. The Labute approximate surface area is 137 Å². The summed E-state index contributed by atoms with van der Waals surface area (Å²) >= 11 is 0. The fourth-order valence-electron chi connectivity index (χ4n) is 2.39. The quantitative estimate of drug-likeness (QED) is 0.891. The van der Waals surface area contributed by atoms with Crippen LogP contribution in [0.5, 0.6) is 0 Å². The van der Waals surface area contributed by atoms with Gasteiger partial charge >= 0.3 is 0 Å². The van der Waals surface area contributed by atoms with Gasteiger partial charge in [0.15, 0.2) is 5.82 Å². The topological polar surface area (TPSA) is 65.5 Å². The van der Waals surface area contributed by atoms with Crippen LogP contribution in [0, 0.1) is 6.92 Å². The van der Waals surface area contributed by atoms with E-state index in [4.69, 9.17) is 0 Å². The molecular formula is C18H23N3O2. The van der Waals surface area contributed by atoms with Crippen LogP contribution in [0.2, 0.25) is 0 Å². The molecule has 1 heterocycles. The number of carbonyl (C=O) groups is 1. The Morgan fingerprint density at radius 1 is 1.22 bits per heavy atom. The highest BCUT2D eigenvalue weighted by Gasteiger charge is 2.26. The van der Waals surface area contributed by atoms with E-state index in [0.717, 1.165) is 5.69 Å². The molecular weight excluding hydrogens is 290 g/mol. The molecule has 5 nitrogen and oxygen atoms in total. The molecule has 1 amide bonds. The van der Waals surface area contributed by atoms with Gasteiger partial charge in [-0.05, 0) is 31.5 Å². The van der Waals surface area contributed by atoms with Crippen molar-refractivity contribution >= 4 is 17.4 Å². The molecule has 2 aromatic rings. The first kappa shape index (κ1) is 17.0. The highest BCUT2D eigenvalue weighted by Crippen LogP contribution is 2.26. The van der Waals surface area contributed by atoms with Crippen molar-refractivity contribution < 1.29 is 9.90 Å². The summed E-state index contributed by atoms with van der Waals surface area (Å²) < 4.78 is 0. The first-order valence-electron chi connectivity index (χ1n) is 7.52. The van der Waals surface area contributed by atoms with Gasteiger partial charge in [0.1, 0.15) is 0 Å². The summed E-state index contributed by atoms with van der Waals surface area (Å²) in [6, 6.07) is 12.9. The van der Waals surface area contributed by atoms with E-state index < -0.39 is 5.60 Å². The molecule has 5 heteroatoms. The molecule has 2 rings (SSSR count). The fourth-order valence-corrected chi connectivity index (χ4v) is 2.39. The van der Waals surface area contributed by atoms with E-state index in [9.17, 15) is 9.90 Å². The number of nitrogens with zero attached hydrogens (tertiary/aromatic N) is 2. The van der Waals surface area contributed by atoms with Crippen molar-refractivity contribution in [1.82, 2.24) is 4.98 Å². The van der Waals surface area contributed by atoms with Gasteiger partial charge in [-0.15, -0.1) is 0 Å².